The Bertz CT molecular complexity index is 1400. The molecule has 0 aliphatic carbocycles. The number of benzene rings is 1. The van der Waals surface area contributed by atoms with Gasteiger partial charge in [-0.15, -0.1) is 0 Å². The summed E-state index contributed by atoms with van der Waals surface area (Å²) in [6.07, 6.45) is 1.21. The lowest BCUT2D eigenvalue weighted by molar-refractivity contribution is 0.348. The number of para-hydroxylation sites is 1. The summed E-state index contributed by atoms with van der Waals surface area (Å²) in [6, 6.07) is 8.54. The maximum atomic E-state index is 13.1. The summed E-state index contributed by atoms with van der Waals surface area (Å²) >= 11 is 0. The highest BCUT2D eigenvalue weighted by molar-refractivity contribution is 5.77. The number of allylic oxidation sites excluding steroid dienone is 1. The molecule has 3 aromatic rings. The SMILES string of the molecule is Cn1c2c(c(=O)n(C)c1=O)C(c1coc3ccccc3c1=O)C(C#N)=C(N)O2. The van der Waals surface area contributed by atoms with Gasteiger partial charge in [0.15, 0.2) is 5.43 Å². The minimum Gasteiger partial charge on any atom is -0.464 e. The van der Waals surface area contributed by atoms with Crippen molar-refractivity contribution in [2.24, 2.45) is 19.8 Å². The zero-order valence-corrected chi connectivity index (χ0v) is 14.9. The van der Waals surface area contributed by atoms with Crippen LogP contribution in [0.1, 0.15) is 17.0 Å². The first-order valence-electron chi connectivity index (χ1n) is 8.24. The molecule has 3 heterocycles. The fraction of sp³-hybridized carbons (Fsp3) is 0.158. The van der Waals surface area contributed by atoms with E-state index in [0.29, 0.717) is 11.0 Å². The number of ether oxygens (including phenoxy) is 1. The highest BCUT2D eigenvalue weighted by Crippen LogP contribution is 2.38. The van der Waals surface area contributed by atoms with Crippen molar-refractivity contribution >= 4 is 11.0 Å². The molecule has 1 aliphatic heterocycles. The average molecular weight is 378 g/mol. The molecule has 4 rings (SSSR count). The molecule has 1 unspecified atom stereocenters. The topological polar surface area (TPSA) is 133 Å². The predicted molar refractivity (Wildman–Crippen MR) is 98.7 cm³/mol. The van der Waals surface area contributed by atoms with Crippen molar-refractivity contribution in [2.75, 3.05) is 0 Å². The molecule has 0 saturated carbocycles. The third-order valence-electron chi connectivity index (χ3n) is 4.83. The van der Waals surface area contributed by atoms with Crippen LogP contribution in [0, 0.1) is 11.3 Å². The van der Waals surface area contributed by atoms with Gasteiger partial charge in [-0.05, 0) is 12.1 Å². The van der Waals surface area contributed by atoms with Gasteiger partial charge in [0.2, 0.25) is 11.8 Å². The standard InChI is InChI=1S/C19H14N4O5/c1-22-17(25)14-13(10(7-20)16(21)28-18(14)23(2)19(22)26)11-8-27-12-6-4-3-5-9(12)15(11)24/h3-6,8,13H,21H2,1-2H3. The third-order valence-corrected chi connectivity index (χ3v) is 4.83. The van der Waals surface area contributed by atoms with Gasteiger partial charge in [-0.1, -0.05) is 12.1 Å². The van der Waals surface area contributed by atoms with E-state index in [1.807, 2.05) is 6.07 Å². The van der Waals surface area contributed by atoms with Crippen molar-refractivity contribution in [3.8, 4) is 11.9 Å². The van der Waals surface area contributed by atoms with Crippen molar-refractivity contribution < 1.29 is 9.15 Å². The number of fused-ring (bicyclic) bond motifs is 2. The Morgan fingerprint density at radius 1 is 1.14 bits per heavy atom. The Balaban J connectivity index is 2.15. The van der Waals surface area contributed by atoms with Crippen LogP contribution in [0.4, 0.5) is 0 Å². The number of rotatable bonds is 1. The van der Waals surface area contributed by atoms with Gasteiger partial charge in [0.1, 0.15) is 17.2 Å². The van der Waals surface area contributed by atoms with Gasteiger partial charge in [0, 0.05) is 19.7 Å². The summed E-state index contributed by atoms with van der Waals surface area (Å²) in [5.41, 5.74) is 4.45. The van der Waals surface area contributed by atoms with Gasteiger partial charge in [0.25, 0.3) is 5.56 Å². The lowest BCUT2D eigenvalue weighted by atomic mass is 9.85. The molecular weight excluding hydrogens is 364 g/mol. The number of nitrogens with zero attached hydrogens (tertiary/aromatic N) is 3. The number of aromatic nitrogens is 2. The van der Waals surface area contributed by atoms with Gasteiger partial charge >= 0.3 is 5.69 Å². The third kappa shape index (κ3) is 2.21. The van der Waals surface area contributed by atoms with Crippen LogP contribution in [0.5, 0.6) is 5.88 Å². The zero-order valence-electron chi connectivity index (χ0n) is 14.9. The highest BCUT2D eigenvalue weighted by atomic mass is 16.5. The zero-order chi connectivity index (χ0) is 20.2. The predicted octanol–water partition coefficient (Wildman–Crippen LogP) is 0.409. The molecule has 0 spiro atoms. The van der Waals surface area contributed by atoms with Gasteiger partial charge < -0.3 is 14.9 Å². The molecule has 9 nitrogen and oxygen atoms in total. The van der Waals surface area contributed by atoms with Crippen molar-refractivity contribution in [3.05, 3.63) is 84.2 Å². The highest BCUT2D eigenvalue weighted by Gasteiger charge is 2.37. The molecule has 28 heavy (non-hydrogen) atoms. The second kappa shape index (κ2) is 5.99. The lowest BCUT2D eigenvalue weighted by Gasteiger charge is -2.26. The van der Waals surface area contributed by atoms with E-state index in [4.69, 9.17) is 14.9 Å². The van der Waals surface area contributed by atoms with Crippen LogP contribution in [-0.4, -0.2) is 9.13 Å². The first-order chi connectivity index (χ1) is 13.4. The molecule has 0 radical (unpaired) electrons. The maximum absolute atomic E-state index is 13.1. The van der Waals surface area contributed by atoms with Crippen LogP contribution < -0.4 is 27.1 Å². The van der Waals surface area contributed by atoms with Gasteiger partial charge in [-0.3, -0.25) is 18.7 Å². The van der Waals surface area contributed by atoms with Crippen molar-refractivity contribution in [3.63, 3.8) is 0 Å². The monoisotopic (exact) mass is 378 g/mol. The Morgan fingerprint density at radius 3 is 2.57 bits per heavy atom. The largest absolute Gasteiger partial charge is 0.464 e. The lowest BCUT2D eigenvalue weighted by Crippen LogP contribution is -2.43. The van der Waals surface area contributed by atoms with E-state index in [1.54, 1.807) is 24.3 Å². The van der Waals surface area contributed by atoms with Gasteiger partial charge in [-0.25, -0.2) is 4.79 Å². The first-order valence-corrected chi connectivity index (χ1v) is 8.24. The number of nitrogens with two attached hydrogens (primary N) is 1. The van der Waals surface area contributed by atoms with Crippen LogP contribution >= 0.6 is 0 Å². The second-order valence-corrected chi connectivity index (χ2v) is 6.37. The van der Waals surface area contributed by atoms with Crippen LogP contribution in [0.3, 0.4) is 0 Å². The van der Waals surface area contributed by atoms with E-state index in [-0.39, 0.29) is 28.5 Å². The van der Waals surface area contributed by atoms with Crippen molar-refractivity contribution in [1.29, 1.82) is 5.26 Å². The molecule has 1 atom stereocenters. The Kier molecular flexibility index (Phi) is 3.71. The van der Waals surface area contributed by atoms with E-state index in [2.05, 4.69) is 0 Å². The van der Waals surface area contributed by atoms with E-state index in [1.165, 1.54) is 20.4 Å². The van der Waals surface area contributed by atoms with Gasteiger partial charge in [-0.2, -0.15) is 5.26 Å². The molecule has 1 aromatic carbocycles. The van der Waals surface area contributed by atoms with E-state index in [0.717, 1.165) is 9.13 Å². The molecular formula is C19H14N4O5. The first kappa shape index (κ1) is 17.4. The van der Waals surface area contributed by atoms with Crippen LogP contribution in [-0.2, 0) is 14.1 Å². The smallest absolute Gasteiger partial charge is 0.333 e. The number of hydrogen-bond acceptors (Lipinski definition) is 7. The second-order valence-electron chi connectivity index (χ2n) is 6.37. The fourth-order valence-electron chi connectivity index (χ4n) is 3.39. The Morgan fingerprint density at radius 2 is 1.86 bits per heavy atom. The Labute approximate surface area is 157 Å². The normalized spacial score (nSPS) is 15.8. The summed E-state index contributed by atoms with van der Waals surface area (Å²) < 4.78 is 13.0. The van der Waals surface area contributed by atoms with Crippen LogP contribution in [0.2, 0.25) is 0 Å². The minimum atomic E-state index is -1.12. The van der Waals surface area contributed by atoms with Crippen molar-refractivity contribution in [1.82, 2.24) is 9.13 Å². The summed E-state index contributed by atoms with van der Waals surface area (Å²) in [6.45, 7) is 0. The Hall–Kier alpha value is -4.06. The van der Waals surface area contributed by atoms with E-state index in [9.17, 15) is 19.6 Å². The van der Waals surface area contributed by atoms with Crippen LogP contribution in [0.15, 0.2) is 60.8 Å². The minimum absolute atomic E-state index is 0.0297. The molecule has 2 aromatic heterocycles. The molecule has 0 saturated heterocycles. The summed E-state index contributed by atoms with van der Waals surface area (Å²) in [5.74, 6) is -1.52. The number of nitriles is 1. The molecule has 140 valence electrons. The van der Waals surface area contributed by atoms with E-state index < -0.39 is 22.6 Å². The molecule has 1 aliphatic rings. The molecule has 0 fully saturated rings. The molecule has 0 amide bonds. The molecule has 0 bridgehead atoms. The maximum Gasteiger partial charge on any atom is 0.333 e. The van der Waals surface area contributed by atoms with Crippen LogP contribution in [0.25, 0.3) is 11.0 Å². The number of hydrogen-bond donors (Lipinski definition) is 1. The summed E-state index contributed by atoms with van der Waals surface area (Å²) in [4.78, 5) is 38.2. The average Bonchev–Trinajstić information content (AvgIpc) is 2.70. The molecule has 9 heteroatoms. The molecule has 2 N–H and O–H groups in total. The van der Waals surface area contributed by atoms with Gasteiger partial charge in [0.05, 0.1) is 23.1 Å². The summed E-state index contributed by atoms with van der Waals surface area (Å²) in [5, 5.41) is 9.93. The van der Waals surface area contributed by atoms with E-state index >= 15 is 0 Å². The fourth-order valence-corrected chi connectivity index (χ4v) is 3.39. The summed E-state index contributed by atoms with van der Waals surface area (Å²) in [7, 11) is 2.71. The van der Waals surface area contributed by atoms with Crippen molar-refractivity contribution in [2.45, 2.75) is 5.92 Å². The quantitative estimate of drug-likeness (QED) is 0.648.